The van der Waals surface area contributed by atoms with Crippen LogP contribution in [-0.4, -0.2) is 64.7 Å². The zero-order valence-electron chi connectivity index (χ0n) is 17.6. The molecule has 2 aromatic rings. The Balaban J connectivity index is 1.66. The summed E-state index contributed by atoms with van der Waals surface area (Å²) >= 11 is 0. The number of nitrogen functional groups attached to an aromatic ring is 1. The second kappa shape index (κ2) is 10.9. The van der Waals surface area contributed by atoms with Crippen LogP contribution in [0.3, 0.4) is 0 Å². The number of aliphatic hydroxyl groups excluding tert-OH is 1. The lowest BCUT2D eigenvalue weighted by atomic mass is 10.1. The van der Waals surface area contributed by atoms with Crippen LogP contribution in [0.5, 0.6) is 0 Å². The first kappa shape index (κ1) is 22.0. The summed E-state index contributed by atoms with van der Waals surface area (Å²) in [6.07, 6.45) is 3.23. The normalized spacial score (nSPS) is 15.1. The summed E-state index contributed by atoms with van der Waals surface area (Å²) < 4.78 is 0. The molecule has 1 aromatic carbocycles. The summed E-state index contributed by atoms with van der Waals surface area (Å²) in [7, 11) is 0. The number of carbonyl (C=O) groups excluding carboxylic acids is 1. The fourth-order valence-corrected chi connectivity index (χ4v) is 3.71. The van der Waals surface area contributed by atoms with Crippen molar-refractivity contribution in [2.75, 3.05) is 43.8 Å². The highest BCUT2D eigenvalue weighted by Gasteiger charge is 2.17. The highest BCUT2D eigenvalue weighted by atomic mass is 16.3. The van der Waals surface area contributed by atoms with Crippen molar-refractivity contribution in [2.24, 2.45) is 0 Å². The van der Waals surface area contributed by atoms with Gasteiger partial charge in [0.15, 0.2) is 0 Å². The summed E-state index contributed by atoms with van der Waals surface area (Å²) in [6, 6.07) is 9.73. The van der Waals surface area contributed by atoms with Gasteiger partial charge in [-0.1, -0.05) is 25.5 Å². The van der Waals surface area contributed by atoms with Crippen molar-refractivity contribution in [2.45, 2.75) is 38.6 Å². The van der Waals surface area contributed by atoms with Gasteiger partial charge in [-0.2, -0.15) is 4.98 Å². The van der Waals surface area contributed by atoms with E-state index in [1.165, 1.54) is 0 Å². The van der Waals surface area contributed by atoms with Crippen molar-refractivity contribution in [3.63, 3.8) is 0 Å². The first-order valence-electron chi connectivity index (χ1n) is 10.7. The van der Waals surface area contributed by atoms with E-state index in [4.69, 9.17) is 5.73 Å². The Morgan fingerprint density at radius 3 is 2.63 bits per heavy atom. The monoisotopic (exact) mass is 412 g/mol. The highest BCUT2D eigenvalue weighted by molar-refractivity contribution is 5.94. The second-order valence-corrected chi connectivity index (χ2v) is 7.66. The van der Waals surface area contributed by atoms with Gasteiger partial charge in [-0.15, -0.1) is 0 Å². The Morgan fingerprint density at radius 2 is 1.97 bits per heavy atom. The van der Waals surface area contributed by atoms with Crippen molar-refractivity contribution in [1.29, 1.82) is 0 Å². The molecule has 8 heteroatoms. The van der Waals surface area contributed by atoms with Gasteiger partial charge in [0.25, 0.3) is 5.91 Å². The van der Waals surface area contributed by atoms with Crippen LogP contribution in [0.15, 0.2) is 30.3 Å². The standard InChI is InChI=1S/C22H32N6O2/c1-2-3-18(8-13-29)25-20-15-19(26-22(23)27-20)14-16-4-6-17(7-5-16)21(30)28-11-9-24-10-12-28/h4-7,15,18,24,29H,2-3,8-14H2,1H3,(H3,23,25,26,27). The molecule has 1 atom stereocenters. The molecule has 0 spiro atoms. The molecule has 1 saturated heterocycles. The average Bonchev–Trinajstić information content (AvgIpc) is 2.74. The third-order valence-electron chi connectivity index (χ3n) is 5.25. The van der Waals surface area contributed by atoms with Crippen LogP contribution in [0.1, 0.15) is 47.8 Å². The van der Waals surface area contributed by atoms with Crippen LogP contribution >= 0.6 is 0 Å². The van der Waals surface area contributed by atoms with Gasteiger partial charge >= 0.3 is 0 Å². The minimum absolute atomic E-state index is 0.0756. The van der Waals surface area contributed by atoms with Gasteiger partial charge in [-0.25, -0.2) is 4.98 Å². The first-order valence-corrected chi connectivity index (χ1v) is 10.7. The van der Waals surface area contributed by atoms with Crippen LogP contribution in [0.25, 0.3) is 0 Å². The topological polar surface area (TPSA) is 116 Å². The molecule has 1 fully saturated rings. The van der Waals surface area contributed by atoms with Crippen molar-refractivity contribution in [1.82, 2.24) is 20.2 Å². The van der Waals surface area contributed by atoms with E-state index in [1.807, 2.05) is 35.2 Å². The van der Waals surface area contributed by atoms with Crippen molar-refractivity contribution >= 4 is 17.7 Å². The van der Waals surface area contributed by atoms with E-state index in [-0.39, 0.29) is 24.5 Å². The number of carbonyl (C=O) groups is 1. The Kier molecular flexibility index (Phi) is 7.98. The smallest absolute Gasteiger partial charge is 0.253 e. The molecule has 1 amide bonds. The Bertz CT molecular complexity index is 815. The van der Waals surface area contributed by atoms with Gasteiger partial charge in [0.1, 0.15) is 5.82 Å². The summed E-state index contributed by atoms with van der Waals surface area (Å²) in [5, 5.41) is 15.9. The van der Waals surface area contributed by atoms with Crippen LogP contribution in [0.4, 0.5) is 11.8 Å². The van der Waals surface area contributed by atoms with E-state index in [0.29, 0.717) is 24.2 Å². The number of nitrogens with zero attached hydrogens (tertiary/aromatic N) is 3. The van der Waals surface area contributed by atoms with Crippen molar-refractivity contribution < 1.29 is 9.90 Å². The van der Waals surface area contributed by atoms with Gasteiger partial charge in [-0.05, 0) is 30.5 Å². The number of anilines is 2. The molecule has 1 aromatic heterocycles. The van der Waals surface area contributed by atoms with Crippen molar-refractivity contribution in [3.05, 3.63) is 47.2 Å². The van der Waals surface area contributed by atoms with Crippen molar-refractivity contribution in [3.8, 4) is 0 Å². The molecule has 1 aliphatic rings. The van der Waals surface area contributed by atoms with Gasteiger partial charge in [0.2, 0.25) is 5.95 Å². The molecule has 3 rings (SSSR count). The zero-order chi connectivity index (χ0) is 21.3. The van der Waals surface area contributed by atoms with E-state index < -0.39 is 0 Å². The number of piperazine rings is 1. The van der Waals surface area contributed by atoms with Gasteiger partial charge in [0, 0.05) is 56.9 Å². The average molecular weight is 413 g/mol. The van der Waals surface area contributed by atoms with Gasteiger partial charge in [0.05, 0.1) is 5.69 Å². The number of hydrogen-bond donors (Lipinski definition) is 4. The lowest BCUT2D eigenvalue weighted by molar-refractivity contribution is 0.0736. The third-order valence-corrected chi connectivity index (χ3v) is 5.25. The molecule has 0 bridgehead atoms. The summed E-state index contributed by atoms with van der Waals surface area (Å²) in [5.41, 5.74) is 8.48. The van der Waals surface area contributed by atoms with Gasteiger partial charge in [-0.3, -0.25) is 4.79 Å². The van der Waals surface area contributed by atoms with E-state index in [2.05, 4.69) is 27.5 Å². The summed E-state index contributed by atoms with van der Waals surface area (Å²) in [4.78, 5) is 23.1. The second-order valence-electron chi connectivity index (χ2n) is 7.66. The molecule has 8 nitrogen and oxygen atoms in total. The van der Waals surface area contributed by atoms with Crippen LogP contribution in [-0.2, 0) is 6.42 Å². The summed E-state index contributed by atoms with van der Waals surface area (Å²) in [5.74, 6) is 0.973. The zero-order valence-corrected chi connectivity index (χ0v) is 17.6. The number of benzene rings is 1. The summed E-state index contributed by atoms with van der Waals surface area (Å²) in [6.45, 7) is 5.41. The first-order chi connectivity index (χ1) is 14.6. The number of aliphatic hydroxyl groups is 1. The molecule has 0 saturated carbocycles. The number of amides is 1. The largest absolute Gasteiger partial charge is 0.396 e. The number of aromatic nitrogens is 2. The van der Waals surface area contributed by atoms with Crippen LogP contribution < -0.4 is 16.4 Å². The Hall–Kier alpha value is -2.71. The molecule has 30 heavy (non-hydrogen) atoms. The van der Waals surface area contributed by atoms with Crippen LogP contribution in [0.2, 0.25) is 0 Å². The lowest BCUT2D eigenvalue weighted by Gasteiger charge is -2.27. The molecule has 5 N–H and O–H groups in total. The molecule has 1 aliphatic heterocycles. The molecule has 1 unspecified atom stereocenters. The quantitative estimate of drug-likeness (QED) is 0.495. The minimum atomic E-state index is 0.0756. The SMILES string of the molecule is CCCC(CCO)Nc1cc(Cc2ccc(C(=O)N3CCNCC3)cc2)nc(N)n1. The lowest BCUT2D eigenvalue weighted by Crippen LogP contribution is -2.46. The maximum Gasteiger partial charge on any atom is 0.253 e. The number of hydrogen-bond acceptors (Lipinski definition) is 7. The molecule has 0 aliphatic carbocycles. The fourth-order valence-electron chi connectivity index (χ4n) is 3.71. The van der Waals surface area contributed by atoms with E-state index in [0.717, 1.165) is 50.3 Å². The predicted molar refractivity (Wildman–Crippen MR) is 118 cm³/mol. The van der Waals surface area contributed by atoms with Gasteiger partial charge < -0.3 is 26.4 Å². The molecule has 2 heterocycles. The molecule has 0 radical (unpaired) electrons. The minimum Gasteiger partial charge on any atom is -0.396 e. The third kappa shape index (κ3) is 6.14. The Morgan fingerprint density at radius 1 is 1.23 bits per heavy atom. The Labute approximate surface area is 177 Å². The number of rotatable bonds is 9. The number of nitrogens with one attached hydrogen (secondary N) is 2. The maximum atomic E-state index is 12.6. The molecular weight excluding hydrogens is 380 g/mol. The van der Waals surface area contributed by atoms with Crippen LogP contribution in [0, 0.1) is 0 Å². The highest BCUT2D eigenvalue weighted by Crippen LogP contribution is 2.17. The van der Waals surface area contributed by atoms with E-state index >= 15 is 0 Å². The maximum absolute atomic E-state index is 12.6. The molecular formula is C22H32N6O2. The van der Waals surface area contributed by atoms with E-state index in [1.54, 1.807) is 0 Å². The van der Waals surface area contributed by atoms with E-state index in [9.17, 15) is 9.90 Å². The molecule has 162 valence electrons. The fraction of sp³-hybridized carbons (Fsp3) is 0.500. The predicted octanol–water partition coefficient (Wildman–Crippen LogP) is 1.66. The number of nitrogens with two attached hydrogens (primary N) is 1.